The first kappa shape index (κ1) is 10.4. The van der Waals surface area contributed by atoms with E-state index < -0.39 is 0 Å². The van der Waals surface area contributed by atoms with E-state index >= 15 is 0 Å². The summed E-state index contributed by atoms with van der Waals surface area (Å²) in [5, 5.41) is 2.65. The van der Waals surface area contributed by atoms with E-state index in [9.17, 15) is 4.79 Å². The molecule has 14 heavy (non-hydrogen) atoms. The molecule has 1 N–H and O–H groups in total. The quantitative estimate of drug-likeness (QED) is 0.773. The molecule has 1 rings (SSSR count). The van der Waals surface area contributed by atoms with Crippen molar-refractivity contribution in [2.45, 2.75) is 13.8 Å². The standard InChI is InChI=1S/C10H13N3O/c1-8-5-7-12-10(13-8)4-3-6-11-9(2)14/h3-5,7H,6H2,1-2H3,(H,11,14). The van der Waals surface area contributed by atoms with Crippen molar-refractivity contribution in [1.29, 1.82) is 0 Å². The first-order valence-corrected chi connectivity index (χ1v) is 4.39. The second-order valence-electron chi connectivity index (χ2n) is 2.90. The second-order valence-corrected chi connectivity index (χ2v) is 2.90. The Bertz CT molecular complexity index is 347. The van der Waals surface area contributed by atoms with E-state index in [0.717, 1.165) is 5.69 Å². The number of aromatic nitrogens is 2. The fourth-order valence-corrected chi connectivity index (χ4v) is 0.916. The highest BCUT2D eigenvalue weighted by Crippen LogP contribution is 1.95. The minimum Gasteiger partial charge on any atom is -0.353 e. The zero-order valence-electron chi connectivity index (χ0n) is 8.32. The van der Waals surface area contributed by atoms with Crippen molar-refractivity contribution in [2.75, 3.05) is 6.54 Å². The van der Waals surface area contributed by atoms with Crippen LogP contribution in [0.25, 0.3) is 6.08 Å². The van der Waals surface area contributed by atoms with Crippen molar-refractivity contribution in [2.24, 2.45) is 0 Å². The van der Waals surface area contributed by atoms with Crippen molar-refractivity contribution >= 4 is 12.0 Å². The predicted molar refractivity (Wildman–Crippen MR) is 54.5 cm³/mol. The van der Waals surface area contributed by atoms with Crippen LogP contribution >= 0.6 is 0 Å². The van der Waals surface area contributed by atoms with Crippen LogP contribution < -0.4 is 5.32 Å². The van der Waals surface area contributed by atoms with Crippen LogP contribution in [-0.4, -0.2) is 22.4 Å². The van der Waals surface area contributed by atoms with E-state index in [1.165, 1.54) is 6.92 Å². The summed E-state index contributed by atoms with van der Waals surface area (Å²) in [4.78, 5) is 18.8. The molecule has 1 amide bonds. The minimum absolute atomic E-state index is 0.0418. The van der Waals surface area contributed by atoms with Crippen LogP contribution in [0.15, 0.2) is 18.3 Å². The number of nitrogens with zero attached hydrogens (tertiary/aromatic N) is 2. The van der Waals surface area contributed by atoms with Gasteiger partial charge in [0.05, 0.1) is 0 Å². The molecule has 1 aromatic heterocycles. The van der Waals surface area contributed by atoms with E-state index in [4.69, 9.17) is 0 Å². The summed E-state index contributed by atoms with van der Waals surface area (Å²) < 4.78 is 0. The Morgan fingerprint density at radius 3 is 3.07 bits per heavy atom. The Kier molecular flexibility index (Phi) is 3.79. The molecule has 1 heterocycles. The van der Waals surface area contributed by atoms with Gasteiger partial charge in [-0.2, -0.15) is 0 Å². The lowest BCUT2D eigenvalue weighted by Crippen LogP contribution is -2.19. The van der Waals surface area contributed by atoms with E-state index in [1.54, 1.807) is 12.3 Å². The first-order chi connectivity index (χ1) is 6.68. The van der Waals surface area contributed by atoms with Crippen LogP contribution in [0.5, 0.6) is 0 Å². The third-order valence-corrected chi connectivity index (χ3v) is 1.55. The number of aryl methyl sites for hydroxylation is 1. The lowest BCUT2D eigenvalue weighted by atomic mass is 10.4. The maximum atomic E-state index is 10.5. The van der Waals surface area contributed by atoms with Crippen LogP contribution in [0.2, 0.25) is 0 Å². The monoisotopic (exact) mass is 191 g/mol. The van der Waals surface area contributed by atoms with Gasteiger partial charge in [-0.05, 0) is 19.1 Å². The van der Waals surface area contributed by atoms with Crippen molar-refractivity contribution in [3.05, 3.63) is 29.9 Å². The molecule has 0 fully saturated rings. The van der Waals surface area contributed by atoms with Crippen LogP contribution in [0.1, 0.15) is 18.4 Å². The van der Waals surface area contributed by atoms with Gasteiger partial charge < -0.3 is 5.32 Å². The topological polar surface area (TPSA) is 54.9 Å². The highest BCUT2D eigenvalue weighted by molar-refractivity contribution is 5.73. The molecule has 1 aromatic rings. The van der Waals surface area contributed by atoms with Crippen LogP contribution in [0.3, 0.4) is 0 Å². The number of rotatable bonds is 3. The summed E-state index contributed by atoms with van der Waals surface area (Å²) in [6.45, 7) is 3.90. The molecule has 0 aromatic carbocycles. The number of amides is 1. The molecule has 0 bridgehead atoms. The molecule has 0 spiro atoms. The summed E-state index contributed by atoms with van der Waals surface area (Å²) in [5.74, 6) is 0.621. The molecule has 4 heteroatoms. The maximum absolute atomic E-state index is 10.5. The van der Waals surface area contributed by atoms with Crippen LogP contribution in [0, 0.1) is 6.92 Å². The SMILES string of the molecule is CC(=O)NCC=Cc1nccc(C)n1. The van der Waals surface area contributed by atoms with Crippen molar-refractivity contribution in [3.63, 3.8) is 0 Å². The van der Waals surface area contributed by atoms with E-state index in [1.807, 2.05) is 19.1 Å². The van der Waals surface area contributed by atoms with E-state index in [0.29, 0.717) is 12.4 Å². The molecule has 74 valence electrons. The van der Waals surface area contributed by atoms with Gasteiger partial charge >= 0.3 is 0 Å². The minimum atomic E-state index is -0.0418. The molecule has 0 aliphatic heterocycles. The van der Waals surface area contributed by atoms with Gasteiger partial charge in [0.2, 0.25) is 5.91 Å². The summed E-state index contributed by atoms with van der Waals surface area (Å²) in [6, 6.07) is 1.84. The molecule has 0 unspecified atom stereocenters. The van der Waals surface area contributed by atoms with E-state index in [-0.39, 0.29) is 5.91 Å². The van der Waals surface area contributed by atoms with Crippen molar-refractivity contribution in [1.82, 2.24) is 15.3 Å². The normalized spacial score (nSPS) is 10.4. The Hall–Kier alpha value is -1.71. The van der Waals surface area contributed by atoms with Crippen molar-refractivity contribution in [3.8, 4) is 0 Å². The Balaban J connectivity index is 2.47. The van der Waals surface area contributed by atoms with Crippen LogP contribution in [0.4, 0.5) is 0 Å². The van der Waals surface area contributed by atoms with E-state index in [2.05, 4.69) is 15.3 Å². The lowest BCUT2D eigenvalue weighted by molar-refractivity contribution is -0.118. The second kappa shape index (κ2) is 5.11. The number of carbonyl (C=O) groups is 1. The average Bonchev–Trinajstić information content (AvgIpc) is 2.12. The first-order valence-electron chi connectivity index (χ1n) is 4.39. The number of hydrogen-bond donors (Lipinski definition) is 1. The number of hydrogen-bond acceptors (Lipinski definition) is 3. The fraction of sp³-hybridized carbons (Fsp3) is 0.300. The number of carbonyl (C=O) groups excluding carboxylic acids is 1. The smallest absolute Gasteiger partial charge is 0.217 e. The van der Waals surface area contributed by atoms with Gasteiger partial charge in [0, 0.05) is 25.4 Å². The molecule has 0 atom stereocenters. The number of nitrogens with one attached hydrogen (secondary N) is 1. The molecular formula is C10H13N3O. The Morgan fingerprint density at radius 2 is 2.43 bits per heavy atom. The summed E-state index contributed by atoms with van der Waals surface area (Å²) in [7, 11) is 0. The van der Waals surface area contributed by atoms with Gasteiger partial charge in [0.15, 0.2) is 5.82 Å². The summed E-state index contributed by atoms with van der Waals surface area (Å²) >= 11 is 0. The highest BCUT2D eigenvalue weighted by Gasteiger charge is 1.90. The molecular weight excluding hydrogens is 178 g/mol. The molecule has 0 aliphatic carbocycles. The molecule has 0 aliphatic rings. The average molecular weight is 191 g/mol. The molecule has 4 nitrogen and oxygen atoms in total. The zero-order valence-corrected chi connectivity index (χ0v) is 8.32. The zero-order chi connectivity index (χ0) is 10.4. The van der Waals surface area contributed by atoms with Gasteiger partial charge in [0.25, 0.3) is 0 Å². The predicted octanol–water partition coefficient (Wildman–Crippen LogP) is 0.934. The highest BCUT2D eigenvalue weighted by atomic mass is 16.1. The summed E-state index contributed by atoms with van der Waals surface area (Å²) in [5.41, 5.74) is 0.930. The lowest BCUT2D eigenvalue weighted by Gasteiger charge is -1.95. The molecule has 0 saturated heterocycles. The maximum Gasteiger partial charge on any atom is 0.217 e. The third-order valence-electron chi connectivity index (χ3n) is 1.55. The summed E-state index contributed by atoms with van der Waals surface area (Å²) in [6.07, 6.45) is 5.31. The van der Waals surface area contributed by atoms with Gasteiger partial charge in [0.1, 0.15) is 0 Å². The molecule has 0 saturated carbocycles. The Labute approximate surface area is 83.1 Å². The van der Waals surface area contributed by atoms with Crippen LogP contribution in [-0.2, 0) is 4.79 Å². The third kappa shape index (κ3) is 3.80. The van der Waals surface area contributed by atoms with Gasteiger partial charge in [-0.15, -0.1) is 0 Å². The van der Waals surface area contributed by atoms with Gasteiger partial charge in [-0.3, -0.25) is 4.79 Å². The largest absolute Gasteiger partial charge is 0.353 e. The Morgan fingerprint density at radius 1 is 1.64 bits per heavy atom. The fourth-order valence-electron chi connectivity index (χ4n) is 0.916. The molecule has 0 radical (unpaired) electrons. The van der Waals surface area contributed by atoms with Gasteiger partial charge in [-0.1, -0.05) is 6.08 Å². The van der Waals surface area contributed by atoms with Crippen molar-refractivity contribution < 1.29 is 4.79 Å². The van der Waals surface area contributed by atoms with Gasteiger partial charge in [-0.25, -0.2) is 9.97 Å².